The summed E-state index contributed by atoms with van der Waals surface area (Å²) < 4.78 is 9.39. The number of aliphatic imine (C=N–C) groups is 1. The van der Waals surface area contributed by atoms with Crippen LogP contribution in [0, 0.1) is 13.8 Å². The summed E-state index contributed by atoms with van der Waals surface area (Å²) in [5.41, 5.74) is 0.420. The summed E-state index contributed by atoms with van der Waals surface area (Å²) in [5, 5.41) is 37.4. The number of hydrogen-bond acceptors (Lipinski definition) is 9. The van der Waals surface area contributed by atoms with Crippen LogP contribution < -0.4 is 5.32 Å². The van der Waals surface area contributed by atoms with Crippen LogP contribution >= 0.6 is 11.8 Å². The zero-order valence-electron chi connectivity index (χ0n) is 15.9. The highest BCUT2D eigenvalue weighted by atomic mass is 32.2. The first kappa shape index (κ1) is 19.3. The van der Waals surface area contributed by atoms with E-state index in [-0.39, 0.29) is 18.0 Å². The lowest BCUT2D eigenvalue weighted by Crippen LogP contribution is -2.59. The average molecular weight is 408 g/mol. The molecule has 28 heavy (non-hydrogen) atoms. The third kappa shape index (κ3) is 3.77. The smallest absolute Gasteiger partial charge is 0.159 e. The Labute approximate surface area is 166 Å². The van der Waals surface area contributed by atoms with Gasteiger partial charge in [-0.15, -0.1) is 5.10 Å². The molecule has 2 fully saturated rings. The van der Waals surface area contributed by atoms with Crippen molar-refractivity contribution in [3.05, 3.63) is 23.5 Å². The first-order valence-electron chi connectivity index (χ1n) is 9.21. The van der Waals surface area contributed by atoms with Crippen molar-refractivity contribution < 1.29 is 14.9 Å². The van der Waals surface area contributed by atoms with Crippen molar-refractivity contribution in [2.24, 2.45) is 4.99 Å². The summed E-state index contributed by atoms with van der Waals surface area (Å²) in [6, 6.07) is -0.383. The summed E-state index contributed by atoms with van der Waals surface area (Å²) in [6.07, 6.45) is -0.807. The lowest BCUT2D eigenvalue weighted by molar-refractivity contribution is -0.160. The molecule has 0 bridgehead atoms. The Hall–Kier alpha value is -2.02. The Morgan fingerprint density at radius 3 is 2.86 bits per heavy atom. The lowest BCUT2D eigenvalue weighted by Gasteiger charge is -2.38. The van der Waals surface area contributed by atoms with Crippen molar-refractivity contribution in [1.82, 2.24) is 35.1 Å². The molecule has 152 valence electrons. The SMILES string of the molecule is CCN=C1NC2C(OC(Cn3cc(Cn4nc(C)nc4C)nn3)C(O)C2O)S1. The average Bonchev–Trinajstić information content (AvgIpc) is 3.33. The third-order valence-corrected chi connectivity index (χ3v) is 5.85. The van der Waals surface area contributed by atoms with Crippen molar-refractivity contribution >= 4 is 16.9 Å². The summed E-state index contributed by atoms with van der Waals surface area (Å²) in [5.74, 6) is 1.52. The van der Waals surface area contributed by atoms with E-state index in [0.717, 1.165) is 16.7 Å². The number of aryl methyl sites for hydroxylation is 2. The molecule has 0 aromatic carbocycles. The Kier molecular flexibility index (Phi) is 5.36. The standard InChI is InChI=1S/C16H24N8O3S/c1-4-17-16-19-12-14(26)13(25)11(27-15(12)28-16)7-23-5-10(20-22-23)6-24-9(3)18-8(2)21-24/h5,11-15,25-26H,4,6-7H2,1-3H3,(H,17,19). The number of aliphatic hydroxyl groups is 2. The number of thioether (sulfide) groups is 1. The molecule has 5 atom stereocenters. The number of rotatable bonds is 5. The zero-order valence-corrected chi connectivity index (χ0v) is 16.7. The van der Waals surface area contributed by atoms with Crippen LogP contribution in [0.25, 0.3) is 0 Å². The molecule has 5 unspecified atom stereocenters. The third-order valence-electron chi connectivity index (χ3n) is 4.75. The van der Waals surface area contributed by atoms with E-state index in [9.17, 15) is 10.2 Å². The number of aliphatic hydroxyl groups excluding tert-OH is 2. The second-order valence-electron chi connectivity index (χ2n) is 6.89. The van der Waals surface area contributed by atoms with Crippen molar-refractivity contribution in [1.29, 1.82) is 0 Å². The Morgan fingerprint density at radius 2 is 2.14 bits per heavy atom. The molecule has 2 aromatic heterocycles. The van der Waals surface area contributed by atoms with Crippen LogP contribution in [-0.4, -0.2) is 81.5 Å². The van der Waals surface area contributed by atoms with E-state index in [4.69, 9.17) is 4.74 Å². The number of amidine groups is 1. The molecule has 2 aliphatic rings. The van der Waals surface area contributed by atoms with Crippen LogP contribution in [0.4, 0.5) is 0 Å². The van der Waals surface area contributed by atoms with Gasteiger partial charge in [-0.05, 0) is 20.8 Å². The van der Waals surface area contributed by atoms with E-state index in [0.29, 0.717) is 18.9 Å². The van der Waals surface area contributed by atoms with E-state index >= 15 is 0 Å². The molecule has 4 rings (SSSR count). The van der Waals surface area contributed by atoms with Gasteiger partial charge in [-0.25, -0.2) is 14.3 Å². The maximum Gasteiger partial charge on any atom is 0.159 e. The quantitative estimate of drug-likeness (QED) is 0.573. The molecule has 2 aromatic rings. The van der Waals surface area contributed by atoms with E-state index < -0.39 is 18.3 Å². The summed E-state index contributed by atoms with van der Waals surface area (Å²) in [4.78, 5) is 8.60. The number of ether oxygens (including phenoxy) is 1. The Bertz CT molecular complexity index is 868. The molecule has 2 aliphatic heterocycles. The maximum absolute atomic E-state index is 10.5. The van der Waals surface area contributed by atoms with Gasteiger partial charge in [0.05, 0.1) is 25.3 Å². The molecule has 0 saturated carbocycles. The maximum atomic E-state index is 10.5. The van der Waals surface area contributed by atoms with Gasteiger partial charge in [0.1, 0.15) is 41.1 Å². The van der Waals surface area contributed by atoms with Crippen molar-refractivity contribution in [2.45, 2.75) is 63.7 Å². The highest BCUT2D eigenvalue weighted by Crippen LogP contribution is 2.34. The molecular weight excluding hydrogens is 384 g/mol. The molecular formula is C16H24N8O3S. The fourth-order valence-electron chi connectivity index (χ4n) is 3.40. The molecule has 12 heteroatoms. The minimum Gasteiger partial charge on any atom is -0.388 e. The van der Waals surface area contributed by atoms with Gasteiger partial charge in [0.2, 0.25) is 0 Å². The second kappa shape index (κ2) is 7.78. The molecule has 11 nitrogen and oxygen atoms in total. The van der Waals surface area contributed by atoms with Crippen LogP contribution in [0.2, 0.25) is 0 Å². The topological polar surface area (TPSA) is 136 Å². The van der Waals surface area contributed by atoms with Gasteiger partial charge in [0, 0.05) is 6.54 Å². The first-order chi connectivity index (χ1) is 13.4. The second-order valence-corrected chi connectivity index (χ2v) is 7.97. The predicted octanol–water partition coefficient (Wildman–Crippen LogP) is -0.938. The first-order valence-corrected chi connectivity index (χ1v) is 10.1. The fraction of sp³-hybridized carbons (Fsp3) is 0.688. The van der Waals surface area contributed by atoms with Crippen molar-refractivity contribution in [3.8, 4) is 0 Å². The molecule has 2 saturated heterocycles. The molecule has 4 heterocycles. The van der Waals surface area contributed by atoms with Crippen LogP contribution in [0.15, 0.2) is 11.2 Å². The lowest BCUT2D eigenvalue weighted by atomic mass is 9.98. The molecule has 0 amide bonds. The number of hydrogen-bond donors (Lipinski definition) is 3. The van der Waals surface area contributed by atoms with Gasteiger partial charge >= 0.3 is 0 Å². The fourth-order valence-corrected chi connectivity index (χ4v) is 4.60. The Balaban J connectivity index is 1.42. The van der Waals surface area contributed by atoms with Crippen LogP contribution in [0.5, 0.6) is 0 Å². The molecule has 3 N–H and O–H groups in total. The van der Waals surface area contributed by atoms with Gasteiger partial charge in [-0.2, -0.15) is 5.10 Å². The molecule has 0 spiro atoms. The van der Waals surface area contributed by atoms with Gasteiger partial charge in [-0.1, -0.05) is 17.0 Å². The van der Waals surface area contributed by atoms with Gasteiger partial charge in [-0.3, -0.25) is 4.99 Å². The van der Waals surface area contributed by atoms with Gasteiger partial charge in [0.15, 0.2) is 5.17 Å². The normalized spacial score (nSPS) is 31.2. The predicted molar refractivity (Wildman–Crippen MR) is 102 cm³/mol. The van der Waals surface area contributed by atoms with E-state index in [1.54, 1.807) is 15.6 Å². The minimum absolute atomic E-state index is 0.282. The van der Waals surface area contributed by atoms with Crippen molar-refractivity contribution in [2.75, 3.05) is 6.54 Å². The van der Waals surface area contributed by atoms with Crippen LogP contribution in [0.3, 0.4) is 0 Å². The monoisotopic (exact) mass is 408 g/mol. The van der Waals surface area contributed by atoms with Crippen LogP contribution in [-0.2, 0) is 17.8 Å². The summed E-state index contributed by atoms with van der Waals surface area (Å²) in [6.45, 7) is 7.06. The van der Waals surface area contributed by atoms with Gasteiger partial charge in [0.25, 0.3) is 0 Å². The number of aromatic nitrogens is 6. The number of fused-ring (bicyclic) bond motifs is 1. The Morgan fingerprint density at radius 1 is 1.32 bits per heavy atom. The minimum atomic E-state index is -1.04. The molecule has 0 radical (unpaired) electrons. The zero-order chi connectivity index (χ0) is 19.8. The van der Waals surface area contributed by atoms with E-state index in [1.165, 1.54) is 11.8 Å². The summed E-state index contributed by atoms with van der Waals surface area (Å²) >= 11 is 1.43. The largest absolute Gasteiger partial charge is 0.388 e. The molecule has 0 aliphatic carbocycles. The number of nitrogens with zero attached hydrogens (tertiary/aromatic N) is 7. The summed E-state index contributed by atoms with van der Waals surface area (Å²) in [7, 11) is 0. The van der Waals surface area contributed by atoms with Crippen molar-refractivity contribution in [3.63, 3.8) is 0 Å². The number of nitrogens with one attached hydrogen (secondary N) is 1. The van der Waals surface area contributed by atoms with Crippen LogP contribution in [0.1, 0.15) is 24.3 Å². The van der Waals surface area contributed by atoms with E-state index in [1.807, 2.05) is 20.8 Å². The highest BCUT2D eigenvalue weighted by molar-refractivity contribution is 8.14. The highest BCUT2D eigenvalue weighted by Gasteiger charge is 2.49. The van der Waals surface area contributed by atoms with Gasteiger partial charge < -0.3 is 20.3 Å². The van der Waals surface area contributed by atoms with E-state index in [2.05, 4.69) is 30.7 Å².